The minimum absolute atomic E-state index is 0.0229. The molecule has 25 heavy (non-hydrogen) atoms. The van der Waals surface area contributed by atoms with Gasteiger partial charge < -0.3 is 0 Å². The van der Waals surface area contributed by atoms with Crippen molar-refractivity contribution in [1.82, 2.24) is 9.71 Å². The van der Waals surface area contributed by atoms with Gasteiger partial charge in [-0.1, -0.05) is 60.1 Å². The van der Waals surface area contributed by atoms with E-state index in [9.17, 15) is 13.2 Å². The molecule has 1 amide bonds. The Morgan fingerprint density at radius 1 is 0.960 bits per heavy atom. The highest BCUT2D eigenvalue weighted by molar-refractivity contribution is 7.90. The maximum absolute atomic E-state index is 12.7. The smallest absolute Gasteiger partial charge is 0.265 e. The number of hydrogen-bond donors (Lipinski definition) is 1. The highest BCUT2D eigenvalue weighted by atomic mass is 35.5. The molecular formula is C18H13ClN2O3S. The number of carbonyl (C=O) groups is 1. The quantitative estimate of drug-likeness (QED) is 0.711. The molecule has 0 radical (unpaired) electrons. The fourth-order valence-electron chi connectivity index (χ4n) is 2.34. The van der Waals surface area contributed by atoms with Crippen LogP contribution < -0.4 is 4.72 Å². The van der Waals surface area contributed by atoms with Crippen LogP contribution in [0, 0.1) is 0 Å². The molecule has 0 bridgehead atoms. The number of amides is 1. The molecule has 0 atom stereocenters. The van der Waals surface area contributed by atoms with E-state index in [0.717, 1.165) is 5.56 Å². The summed E-state index contributed by atoms with van der Waals surface area (Å²) in [5.74, 6) is -0.771. The zero-order valence-electron chi connectivity index (χ0n) is 12.9. The molecule has 5 nitrogen and oxygen atoms in total. The van der Waals surface area contributed by atoms with Crippen molar-refractivity contribution in [2.45, 2.75) is 4.90 Å². The van der Waals surface area contributed by atoms with E-state index < -0.39 is 15.9 Å². The number of hydrogen-bond acceptors (Lipinski definition) is 4. The number of sulfonamides is 1. The second kappa shape index (κ2) is 7.04. The van der Waals surface area contributed by atoms with E-state index in [1.807, 2.05) is 18.2 Å². The SMILES string of the molecule is O=C(NS(=O)(=O)c1ccccc1-c1ccccc1)c1ccnc(Cl)c1. The Labute approximate surface area is 150 Å². The second-order valence-electron chi connectivity index (χ2n) is 5.16. The number of aromatic nitrogens is 1. The Balaban J connectivity index is 1.97. The van der Waals surface area contributed by atoms with Crippen LogP contribution in [0.25, 0.3) is 11.1 Å². The number of nitrogens with zero attached hydrogens (tertiary/aromatic N) is 1. The number of pyridine rings is 1. The van der Waals surface area contributed by atoms with Crippen LogP contribution in [0.2, 0.25) is 5.15 Å². The van der Waals surface area contributed by atoms with Crippen molar-refractivity contribution in [2.75, 3.05) is 0 Å². The molecule has 0 aliphatic heterocycles. The molecule has 0 saturated heterocycles. The van der Waals surface area contributed by atoms with Crippen LogP contribution in [0.15, 0.2) is 77.8 Å². The summed E-state index contributed by atoms with van der Waals surface area (Å²) < 4.78 is 27.5. The average molecular weight is 373 g/mol. The van der Waals surface area contributed by atoms with Gasteiger partial charge in [0.05, 0.1) is 4.90 Å². The third-order valence-electron chi connectivity index (χ3n) is 3.48. The third kappa shape index (κ3) is 3.87. The van der Waals surface area contributed by atoms with Crippen LogP contribution in [-0.2, 0) is 10.0 Å². The van der Waals surface area contributed by atoms with E-state index in [2.05, 4.69) is 9.71 Å². The van der Waals surface area contributed by atoms with Crippen LogP contribution in [0.1, 0.15) is 10.4 Å². The molecular weight excluding hydrogens is 360 g/mol. The van der Waals surface area contributed by atoms with Crippen molar-refractivity contribution >= 4 is 27.5 Å². The highest BCUT2D eigenvalue weighted by Crippen LogP contribution is 2.27. The fraction of sp³-hybridized carbons (Fsp3) is 0. The van der Waals surface area contributed by atoms with Crippen LogP contribution in [0.5, 0.6) is 0 Å². The summed E-state index contributed by atoms with van der Waals surface area (Å²) in [6, 6.07) is 18.3. The number of carbonyl (C=O) groups excluding carboxylic acids is 1. The largest absolute Gasteiger partial charge is 0.268 e. The molecule has 0 unspecified atom stereocenters. The Kier molecular flexibility index (Phi) is 4.83. The molecule has 126 valence electrons. The normalized spacial score (nSPS) is 11.1. The van der Waals surface area contributed by atoms with Crippen molar-refractivity contribution < 1.29 is 13.2 Å². The van der Waals surface area contributed by atoms with Crippen LogP contribution in [-0.4, -0.2) is 19.3 Å². The van der Waals surface area contributed by atoms with E-state index in [1.165, 1.54) is 24.4 Å². The van der Waals surface area contributed by atoms with Crippen molar-refractivity contribution in [3.05, 3.63) is 83.6 Å². The molecule has 0 fully saturated rings. The Morgan fingerprint density at radius 3 is 2.36 bits per heavy atom. The van der Waals surface area contributed by atoms with E-state index in [1.54, 1.807) is 30.3 Å². The summed E-state index contributed by atoms with van der Waals surface area (Å²) >= 11 is 5.74. The highest BCUT2D eigenvalue weighted by Gasteiger charge is 2.22. The monoisotopic (exact) mass is 372 g/mol. The molecule has 0 aliphatic rings. The molecule has 1 heterocycles. The minimum Gasteiger partial charge on any atom is -0.268 e. The zero-order chi connectivity index (χ0) is 17.9. The molecule has 3 rings (SSSR count). The first-order chi connectivity index (χ1) is 12.0. The van der Waals surface area contributed by atoms with Crippen molar-refractivity contribution in [1.29, 1.82) is 0 Å². The number of benzene rings is 2. The summed E-state index contributed by atoms with van der Waals surface area (Å²) in [4.78, 5) is 16.0. The number of rotatable bonds is 4. The lowest BCUT2D eigenvalue weighted by Gasteiger charge is -2.12. The molecule has 3 aromatic rings. The standard InChI is InChI=1S/C18H13ClN2O3S/c19-17-12-14(10-11-20-17)18(22)21-25(23,24)16-9-5-4-8-15(16)13-6-2-1-3-7-13/h1-12H,(H,21,22). The van der Waals surface area contributed by atoms with Gasteiger partial charge in [0, 0.05) is 17.3 Å². The minimum atomic E-state index is -4.06. The fourth-order valence-corrected chi connectivity index (χ4v) is 3.72. The first-order valence-electron chi connectivity index (χ1n) is 7.30. The second-order valence-corrected chi connectivity index (χ2v) is 7.20. The average Bonchev–Trinajstić information content (AvgIpc) is 2.62. The molecule has 7 heteroatoms. The van der Waals surface area contributed by atoms with Gasteiger partial charge >= 0.3 is 0 Å². The molecule has 1 N–H and O–H groups in total. The van der Waals surface area contributed by atoms with E-state index in [4.69, 9.17) is 11.6 Å². The van der Waals surface area contributed by atoms with Crippen molar-refractivity contribution in [3.63, 3.8) is 0 Å². The molecule has 1 aromatic heterocycles. The first kappa shape index (κ1) is 17.1. The summed E-state index contributed by atoms with van der Waals surface area (Å²) in [5, 5.41) is 0.106. The number of nitrogens with one attached hydrogen (secondary N) is 1. The van der Waals surface area contributed by atoms with Gasteiger partial charge in [-0.15, -0.1) is 0 Å². The van der Waals surface area contributed by atoms with Gasteiger partial charge in [-0.2, -0.15) is 0 Å². The summed E-state index contributed by atoms with van der Waals surface area (Å²) in [6.45, 7) is 0. The van der Waals surface area contributed by atoms with Gasteiger partial charge in [-0.05, 0) is 23.8 Å². The van der Waals surface area contributed by atoms with E-state index >= 15 is 0 Å². The Bertz CT molecular complexity index is 1020. The van der Waals surface area contributed by atoms with Gasteiger partial charge in [-0.25, -0.2) is 18.1 Å². The molecule has 0 saturated carbocycles. The van der Waals surface area contributed by atoms with Gasteiger partial charge in [0.2, 0.25) is 0 Å². The van der Waals surface area contributed by atoms with Gasteiger partial charge in [-0.3, -0.25) is 4.79 Å². The van der Waals surface area contributed by atoms with Crippen LogP contribution in [0.3, 0.4) is 0 Å². The molecule has 0 aliphatic carbocycles. The van der Waals surface area contributed by atoms with Crippen LogP contribution in [0.4, 0.5) is 0 Å². The lowest BCUT2D eigenvalue weighted by atomic mass is 10.1. The van der Waals surface area contributed by atoms with Crippen molar-refractivity contribution in [3.8, 4) is 11.1 Å². The summed E-state index contributed by atoms with van der Waals surface area (Å²) in [7, 11) is -4.06. The van der Waals surface area contributed by atoms with E-state index in [-0.39, 0.29) is 15.6 Å². The molecule has 0 spiro atoms. The van der Waals surface area contributed by atoms with Crippen LogP contribution >= 0.6 is 11.6 Å². The Morgan fingerprint density at radius 2 is 1.64 bits per heavy atom. The summed E-state index contributed by atoms with van der Waals surface area (Å²) in [6.07, 6.45) is 1.34. The maximum atomic E-state index is 12.7. The topological polar surface area (TPSA) is 76.1 Å². The Hall–Kier alpha value is -2.70. The predicted octanol–water partition coefficient (Wildman–Crippen LogP) is 3.52. The van der Waals surface area contributed by atoms with Crippen molar-refractivity contribution in [2.24, 2.45) is 0 Å². The van der Waals surface area contributed by atoms with E-state index in [0.29, 0.717) is 5.56 Å². The third-order valence-corrected chi connectivity index (χ3v) is 5.07. The zero-order valence-corrected chi connectivity index (χ0v) is 14.5. The number of halogens is 1. The van der Waals surface area contributed by atoms with Gasteiger partial charge in [0.1, 0.15) is 5.15 Å². The lowest BCUT2D eigenvalue weighted by Crippen LogP contribution is -2.31. The lowest BCUT2D eigenvalue weighted by molar-refractivity contribution is 0.0981. The maximum Gasteiger partial charge on any atom is 0.265 e. The van der Waals surface area contributed by atoms with Gasteiger partial charge in [0.25, 0.3) is 15.9 Å². The predicted molar refractivity (Wildman–Crippen MR) is 95.8 cm³/mol. The summed E-state index contributed by atoms with van der Waals surface area (Å²) in [5.41, 5.74) is 1.36. The molecule has 2 aromatic carbocycles. The first-order valence-corrected chi connectivity index (χ1v) is 9.17. The van der Waals surface area contributed by atoms with Gasteiger partial charge in [0.15, 0.2) is 0 Å².